The Balaban J connectivity index is 0.956. The van der Waals surface area contributed by atoms with Crippen molar-refractivity contribution in [3.05, 3.63) is 83.6 Å². The van der Waals surface area contributed by atoms with Crippen LogP contribution in [0, 0.1) is 11.8 Å². The zero-order chi connectivity index (χ0) is 44.8. The molecule has 0 spiro atoms. The number of alkyl carbamates (subject to hydrolysis) is 2. The van der Waals surface area contributed by atoms with Crippen molar-refractivity contribution in [2.24, 2.45) is 11.8 Å². The Morgan fingerprint density at radius 1 is 0.641 bits per heavy atom. The van der Waals surface area contributed by atoms with E-state index in [1.54, 1.807) is 0 Å². The molecule has 2 unspecified atom stereocenters. The van der Waals surface area contributed by atoms with E-state index in [2.05, 4.69) is 69.1 Å². The molecule has 336 valence electrons. The van der Waals surface area contributed by atoms with Gasteiger partial charge in [-0.15, -0.1) is 0 Å². The van der Waals surface area contributed by atoms with Crippen LogP contribution in [0.25, 0.3) is 44.5 Å². The number of aromatic nitrogens is 4. The van der Waals surface area contributed by atoms with Crippen LogP contribution >= 0.6 is 0 Å². The normalized spacial score (nSPS) is 21.3. The van der Waals surface area contributed by atoms with Gasteiger partial charge in [-0.3, -0.25) is 9.59 Å². The summed E-state index contributed by atoms with van der Waals surface area (Å²) >= 11 is 0. The quantitative estimate of drug-likeness (QED) is 0.102. The molecule has 4 heterocycles. The first-order valence-electron chi connectivity index (χ1n) is 23.1. The summed E-state index contributed by atoms with van der Waals surface area (Å²) in [5.41, 5.74) is 11.5. The molecular formula is C50H60N8O6. The van der Waals surface area contributed by atoms with E-state index >= 15 is 0 Å². The molecule has 14 heteroatoms. The van der Waals surface area contributed by atoms with E-state index in [1.165, 1.54) is 67.7 Å². The van der Waals surface area contributed by atoms with Gasteiger partial charge in [-0.05, 0) is 121 Å². The van der Waals surface area contributed by atoms with E-state index in [0.29, 0.717) is 24.9 Å². The van der Waals surface area contributed by atoms with Gasteiger partial charge in [0, 0.05) is 18.7 Å². The van der Waals surface area contributed by atoms with Gasteiger partial charge in [0.15, 0.2) is 0 Å². The number of amides is 4. The summed E-state index contributed by atoms with van der Waals surface area (Å²) in [4.78, 5) is 72.5. The number of fused-ring (bicyclic) bond motifs is 3. The van der Waals surface area contributed by atoms with Gasteiger partial charge >= 0.3 is 12.2 Å². The summed E-state index contributed by atoms with van der Waals surface area (Å²) in [5, 5.41) is 5.48. The molecule has 3 aromatic carbocycles. The zero-order valence-electron chi connectivity index (χ0n) is 37.7. The summed E-state index contributed by atoms with van der Waals surface area (Å²) in [5.74, 6) is 2.06. The van der Waals surface area contributed by atoms with Crippen molar-refractivity contribution < 1.29 is 28.7 Å². The molecule has 4 atom stereocenters. The van der Waals surface area contributed by atoms with Crippen molar-refractivity contribution in [1.29, 1.82) is 0 Å². The van der Waals surface area contributed by atoms with Crippen LogP contribution < -0.4 is 10.6 Å². The van der Waals surface area contributed by atoms with E-state index in [4.69, 9.17) is 19.4 Å². The lowest BCUT2D eigenvalue weighted by Gasteiger charge is -2.41. The third-order valence-corrected chi connectivity index (χ3v) is 14.2. The Bertz CT molecular complexity index is 2550. The second-order valence-electron chi connectivity index (χ2n) is 18.7. The molecular weight excluding hydrogens is 809 g/mol. The molecule has 2 aromatic heterocycles. The van der Waals surface area contributed by atoms with Crippen molar-refractivity contribution in [2.45, 2.75) is 115 Å². The Kier molecular flexibility index (Phi) is 12.0. The van der Waals surface area contributed by atoms with Gasteiger partial charge in [0.25, 0.3) is 0 Å². The summed E-state index contributed by atoms with van der Waals surface area (Å²) in [6, 6.07) is 17.9. The van der Waals surface area contributed by atoms with Gasteiger partial charge in [0.1, 0.15) is 23.7 Å². The van der Waals surface area contributed by atoms with Crippen LogP contribution in [0.5, 0.6) is 0 Å². The number of rotatable bonds is 11. The molecule has 10 rings (SSSR count). The molecule has 5 aliphatic rings. The number of imidazole rings is 2. The number of nitrogens with one attached hydrogen (secondary N) is 4. The second-order valence-corrected chi connectivity index (χ2v) is 18.7. The Morgan fingerprint density at radius 3 is 1.72 bits per heavy atom. The largest absolute Gasteiger partial charge is 0.453 e. The van der Waals surface area contributed by atoms with Crippen LogP contribution in [0.4, 0.5) is 9.59 Å². The van der Waals surface area contributed by atoms with E-state index in [-0.39, 0.29) is 35.7 Å². The molecule has 2 saturated heterocycles. The number of ether oxygens (including phenoxy) is 2. The maximum atomic E-state index is 13.8. The monoisotopic (exact) mass is 868 g/mol. The van der Waals surface area contributed by atoms with Crippen molar-refractivity contribution in [3.8, 4) is 33.5 Å². The number of nitrogens with zero attached hydrogens (tertiary/aromatic N) is 4. The minimum Gasteiger partial charge on any atom is -0.453 e. The number of carbonyl (C=O) groups excluding carboxylic acids is 4. The third kappa shape index (κ3) is 8.00. The molecule has 3 aliphatic carbocycles. The smallest absolute Gasteiger partial charge is 0.407 e. The fourth-order valence-electron chi connectivity index (χ4n) is 10.9. The Morgan fingerprint density at radius 2 is 1.16 bits per heavy atom. The lowest BCUT2D eigenvalue weighted by molar-refractivity contribution is -0.136. The number of benzene rings is 3. The predicted octanol–water partition coefficient (Wildman–Crippen LogP) is 9.13. The SMILES string of the molecule is COC(=O)N[C@H](C(=O)N1CCCC1c1ncc(-c2ccc(-c3ccc(-c4ccc5nc(C6CCCN6C(=O)[C@@H](NC(=O)OC)C(C)C)[nH]c5c4)cc3)c3c2C2CCC3CC2)[nH]1)C(C)C. The molecule has 4 N–H and O–H groups in total. The average Bonchev–Trinajstić information content (AvgIpc) is 4.16. The summed E-state index contributed by atoms with van der Waals surface area (Å²) in [7, 11) is 2.61. The molecule has 3 fully saturated rings. The van der Waals surface area contributed by atoms with Crippen molar-refractivity contribution >= 4 is 35.0 Å². The van der Waals surface area contributed by atoms with Crippen molar-refractivity contribution in [3.63, 3.8) is 0 Å². The fraction of sp³-hybridized carbons (Fsp3) is 0.480. The van der Waals surface area contributed by atoms with E-state index in [0.717, 1.165) is 65.2 Å². The second kappa shape index (κ2) is 17.8. The van der Waals surface area contributed by atoms with E-state index in [9.17, 15) is 19.2 Å². The third-order valence-electron chi connectivity index (χ3n) is 14.2. The van der Waals surface area contributed by atoms with Gasteiger partial charge in [-0.1, -0.05) is 70.2 Å². The highest BCUT2D eigenvalue weighted by atomic mass is 16.5. The van der Waals surface area contributed by atoms with Gasteiger partial charge < -0.3 is 39.9 Å². The first kappa shape index (κ1) is 43.1. The van der Waals surface area contributed by atoms with E-state index < -0.39 is 24.3 Å². The summed E-state index contributed by atoms with van der Waals surface area (Å²) in [6.07, 6.45) is 8.76. The highest BCUT2D eigenvalue weighted by Crippen LogP contribution is 2.55. The molecule has 64 heavy (non-hydrogen) atoms. The van der Waals surface area contributed by atoms with Crippen molar-refractivity contribution in [1.82, 2.24) is 40.4 Å². The molecule has 5 aromatic rings. The Labute approximate surface area is 374 Å². The van der Waals surface area contributed by atoms with Crippen LogP contribution in [-0.4, -0.2) is 93.1 Å². The highest BCUT2D eigenvalue weighted by molar-refractivity contribution is 5.88. The molecule has 1 saturated carbocycles. The molecule has 14 nitrogen and oxygen atoms in total. The number of likely N-dealkylation sites (tertiary alicyclic amines) is 2. The standard InChI is InChI=1S/C50H60N8O6/c1-27(2)43(55-49(61)63-5)47(59)57-23-7-9-39(57)45-51-26-38(54-45)35-21-20-34(41-31-15-17-32(18-16-31)42(35)41)30-13-11-29(12-14-30)33-19-22-36-37(25-33)53-46(52-36)40-10-8-24-58(40)48(60)44(28(3)4)56-50(62)64-6/h11-14,19-22,25-28,31-32,39-40,43-44H,7-10,15-18,23-24H2,1-6H3,(H,51,54)(H,52,53)(H,55,61)(H,56,62)/t31?,32?,39?,40?,43-,44-/m0/s1. The minimum atomic E-state index is -0.688. The lowest BCUT2D eigenvalue weighted by Crippen LogP contribution is -2.51. The maximum Gasteiger partial charge on any atom is 0.407 e. The topological polar surface area (TPSA) is 175 Å². The lowest BCUT2D eigenvalue weighted by atomic mass is 9.64. The molecule has 2 aliphatic heterocycles. The first-order chi connectivity index (χ1) is 30.9. The maximum absolute atomic E-state index is 13.8. The highest BCUT2D eigenvalue weighted by Gasteiger charge is 2.40. The average molecular weight is 869 g/mol. The molecule has 0 radical (unpaired) electrons. The number of hydrogen-bond donors (Lipinski definition) is 4. The number of hydrogen-bond acceptors (Lipinski definition) is 8. The first-order valence-corrected chi connectivity index (χ1v) is 23.1. The van der Waals surface area contributed by atoms with Crippen LogP contribution in [0.2, 0.25) is 0 Å². The molecule has 2 bridgehead atoms. The van der Waals surface area contributed by atoms with Gasteiger partial charge in [-0.2, -0.15) is 0 Å². The summed E-state index contributed by atoms with van der Waals surface area (Å²) < 4.78 is 9.63. The van der Waals surface area contributed by atoms with Gasteiger partial charge in [-0.25, -0.2) is 19.6 Å². The number of carbonyl (C=O) groups is 4. The Hall–Kier alpha value is -6.18. The van der Waals surface area contributed by atoms with Crippen LogP contribution in [-0.2, 0) is 19.1 Å². The van der Waals surface area contributed by atoms with Crippen LogP contribution in [0.1, 0.15) is 126 Å². The minimum absolute atomic E-state index is 0.102. The number of H-pyrrole nitrogens is 2. The van der Waals surface area contributed by atoms with Gasteiger partial charge in [0.2, 0.25) is 11.8 Å². The summed E-state index contributed by atoms with van der Waals surface area (Å²) in [6.45, 7) is 8.90. The number of methoxy groups -OCH3 is 2. The van der Waals surface area contributed by atoms with E-state index in [1.807, 2.05) is 49.8 Å². The number of aromatic amines is 2. The van der Waals surface area contributed by atoms with Gasteiger partial charge in [0.05, 0.1) is 49.2 Å². The predicted molar refractivity (Wildman–Crippen MR) is 244 cm³/mol. The van der Waals surface area contributed by atoms with Crippen LogP contribution in [0.15, 0.2) is 60.8 Å². The van der Waals surface area contributed by atoms with Crippen LogP contribution in [0.3, 0.4) is 0 Å². The molecule has 4 amide bonds. The fourth-order valence-corrected chi connectivity index (χ4v) is 10.9. The zero-order valence-corrected chi connectivity index (χ0v) is 37.7. The van der Waals surface area contributed by atoms with Crippen molar-refractivity contribution in [2.75, 3.05) is 27.3 Å².